The van der Waals surface area contributed by atoms with Crippen LogP contribution in [0.4, 0.5) is 0 Å². The van der Waals surface area contributed by atoms with Gasteiger partial charge in [-0.25, -0.2) is 4.98 Å². The Bertz CT molecular complexity index is 950. The fraction of sp³-hybridized carbons (Fsp3) is 0.176. The van der Waals surface area contributed by atoms with E-state index in [1.165, 1.54) is 10.9 Å². The van der Waals surface area contributed by atoms with Gasteiger partial charge in [0.25, 0.3) is 5.56 Å². The van der Waals surface area contributed by atoms with E-state index in [1.807, 2.05) is 12.1 Å². The second-order valence-corrected chi connectivity index (χ2v) is 6.47. The summed E-state index contributed by atoms with van der Waals surface area (Å²) in [7, 11) is 3.17. The third-order valence-electron chi connectivity index (χ3n) is 3.61. The van der Waals surface area contributed by atoms with E-state index in [0.717, 1.165) is 5.56 Å². The van der Waals surface area contributed by atoms with Crippen LogP contribution in [0.5, 0.6) is 11.5 Å². The quantitative estimate of drug-likeness (QED) is 0.656. The predicted molar refractivity (Wildman–Crippen MR) is 97.4 cm³/mol. The standard InChI is InChI=1S/C17H14BrClN2O3/c1-23-12-3-10(4-13(7-12)24-2)8-21-9-20-16-14(17(21)22)5-11(19)6-15(16)18/h3-7,9H,8H2,1-2H3. The average molecular weight is 410 g/mol. The summed E-state index contributed by atoms with van der Waals surface area (Å²) in [5.41, 5.74) is 1.30. The summed E-state index contributed by atoms with van der Waals surface area (Å²) in [6, 6.07) is 8.83. The highest BCUT2D eigenvalue weighted by Gasteiger charge is 2.10. The third kappa shape index (κ3) is 3.25. The van der Waals surface area contributed by atoms with Crippen molar-refractivity contribution in [2.24, 2.45) is 0 Å². The van der Waals surface area contributed by atoms with Gasteiger partial charge in [0.2, 0.25) is 0 Å². The van der Waals surface area contributed by atoms with Crippen molar-refractivity contribution in [1.82, 2.24) is 9.55 Å². The highest BCUT2D eigenvalue weighted by Crippen LogP contribution is 2.25. The topological polar surface area (TPSA) is 53.4 Å². The third-order valence-corrected chi connectivity index (χ3v) is 4.43. The van der Waals surface area contributed by atoms with Crippen LogP contribution in [0.2, 0.25) is 5.02 Å². The van der Waals surface area contributed by atoms with Crippen molar-refractivity contribution in [3.8, 4) is 11.5 Å². The van der Waals surface area contributed by atoms with Gasteiger partial charge in [-0.3, -0.25) is 9.36 Å². The number of hydrogen-bond donors (Lipinski definition) is 0. The molecule has 0 unspecified atom stereocenters. The van der Waals surface area contributed by atoms with Gasteiger partial charge in [-0.15, -0.1) is 0 Å². The Hall–Kier alpha value is -2.05. The Kier molecular flexibility index (Phi) is 4.78. The predicted octanol–water partition coefficient (Wildman–Crippen LogP) is 3.88. The normalized spacial score (nSPS) is 10.8. The van der Waals surface area contributed by atoms with Crippen LogP contribution in [0.15, 0.2) is 45.9 Å². The maximum absolute atomic E-state index is 12.7. The monoisotopic (exact) mass is 408 g/mol. The molecule has 24 heavy (non-hydrogen) atoms. The van der Waals surface area contributed by atoms with E-state index in [0.29, 0.717) is 38.4 Å². The molecule has 0 aliphatic rings. The smallest absolute Gasteiger partial charge is 0.261 e. The first-order valence-electron chi connectivity index (χ1n) is 7.08. The number of rotatable bonds is 4. The molecular weight excluding hydrogens is 396 g/mol. The van der Waals surface area contributed by atoms with E-state index in [4.69, 9.17) is 21.1 Å². The lowest BCUT2D eigenvalue weighted by Crippen LogP contribution is -2.21. The number of ether oxygens (including phenoxy) is 2. The first kappa shape index (κ1) is 16.8. The van der Waals surface area contributed by atoms with E-state index < -0.39 is 0 Å². The molecule has 0 atom stereocenters. The molecular formula is C17H14BrClN2O3. The molecule has 0 fully saturated rings. The molecule has 0 amide bonds. The number of benzene rings is 2. The Balaban J connectivity index is 2.08. The van der Waals surface area contributed by atoms with Gasteiger partial charge < -0.3 is 9.47 Å². The summed E-state index contributed by atoms with van der Waals surface area (Å²) in [6.45, 7) is 0.347. The van der Waals surface area contributed by atoms with Gasteiger partial charge in [0, 0.05) is 15.6 Å². The van der Waals surface area contributed by atoms with Crippen LogP contribution in [-0.4, -0.2) is 23.8 Å². The second kappa shape index (κ2) is 6.83. The van der Waals surface area contributed by atoms with Crippen LogP contribution < -0.4 is 15.0 Å². The van der Waals surface area contributed by atoms with Crippen molar-refractivity contribution >= 4 is 38.4 Å². The molecule has 0 aliphatic heterocycles. The van der Waals surface area contributed by atoms with Crippen molar-refractivity contribution in [2.75, 3.05) is 14.2 Å². The number of halogens is 2. The first-order chi connectivity index (χ1) is 11.5. The van der Waals surface area contributed by atoms with Gasteiger partial charge in [0.15, 0.2) is 0 Å². The van der Waals surface area contributed by atoms with E-state index >= 15 is 0 Å². The van der Waals surface area contributed by atoms with Crippen molar-refractivity contribution in [2.45, 2.75) is 6.54 Å². The van der Waals surface area contributed by atoms with Gasteiger partial charge in [-0.05, 0) is 45.8 Å². The van der Waals surface area contributed by atoms with Crippen LogP contribution in [0, 0.1) is 0 Å². The zero-order valence-electron chi connectivity index (χ0n) is 13.0. The van der Waals surface area contributed by atoms with Crippen LogP contribution in [-0.2, 0) is 6.54 Å². The first-order valence-corrected chi connectivity index (χ1v) is 8.25. The van der Waals surface area contributed by atoms with Crippen LogP contribution in [0.25, 0.3) is 10.9 Å². The summed E-state index contributed by atoms with van der Waals surface area (Å²) in [5.74, 6) is 1.33. The van der Waals surface area contributed by atoms with Crippen LogP contribution in [0.1, 0.15) is 5.56 Å². The number of aromatic nitrogens is 2. The fourth-order valence-electron chi connectivity index (χ4n) is 2.46. The number of nitrogens with zero attached hydrogens (tertiary/aromatic N) is 2. The molecule has 0 N–H and O–H groups in total. The van der Waals surface area contributed by atoms with Crippen molar-refractivity contribution in [1.29, 1.82) is 0 Å². The minimum atomic E-state index is -0.162. The molecule has 3 aromatic rings. The molecule has 0 bridgehead atoms. The molecule has 0 radical (unpaired) electrons. The molecule has 124 valence electrons. The average Bonchev–Trinajstić information content (AvgIpc) is 2.57. The van der Waals surface area contributed by atoms with Crippen molar-refractivity contribution in [3.05, 3.63) is 62.1 Å². The summed E-state index contributed by atoms with van der Waals surface area (Å²) in [5, 5.41) is 0.945. The van der Waals surface area contributed by atoms with Crippen molar-refractivity contribution < 1.29 is 9.47 Å². The summed E-state index contributed by atoms with van der Waals surface area (Å²) < 4.78 is 12.7. The number of hydrogen-bond acceptors (Lipinski definition) is 4. The van der Waals surface area contributed by atoms with E-state index in [9.17, 15) is 4.79 Å². The maximum Gasteiger partial charge on any atom is 0.261 e. The number of fused-ring (bicyclic) bond motifs is 1. The minimum Gasteiger partial charge on any atom is -0.497 e. The molecule has 5 nitrogen and oxygen atoms in total. The summed E-state index contributed by atoms with van der Waals surface area (Å²) in [4.78, 5) is 17.1. The second-order valence-electron chi connectivity index (χ2n) is 5.18. The Morgan fingerprint density at radius 3 is 2.42 bits per heavy atom. The highest BCUT2D eigenvalue weighted by atomic mass is 79.9. The zero-order valence-corrected chi connectivity index (χ0v) is 15.4. The number of methoxy groups -OCH3 is 2. The molecule has 3 rings (SSSR count). The molecule has 1 aromatic heterocycles. The van der Waals surface area contributed by atoms with E-state index in [-0.39, 0.29) is 5.56 Å². The largest absolute Gasteiger partial charge is 0.497 e. The summed E-state index contributed by atoms with van der Waals surface area (Å²) >= 11 is 9.43. The highest BCUT2D eigenvalue weighted by molar-refractivity contribution is 9.10. The molecule has 0 saturated carbocycles. The fourth-order valence-corrected chi connectivity index (χ4v) is 3.37. The minimum absolute atomic E-state index is 0.162. The lowest BCUT2D eigenvalue weighted by molar-refractivity contribution is 0.393. The zero-order chi connectivity index (χ0) is 17.3. The Morgan fingerprint density at radius 2 is 1.79 bits per heavy atom. The molecule has 1 heterocycles. The Labute approximate surface area is 151 Å². The van der Waals surface area contributed by atoms with E-state index in [1.54, 1.807) is 32.4 Å². The maximum atomic E-state index is 12.7. The Morgan fingerprint density at radius 1 is 1.12 bits per heavy atom. The van der Waals surface area contributed by atoms with Gasteiger partial charge >= 0.3 is 0 Å². The van der Waals surface area contributed by atoms with E-state index in [2.05, 4.69) is 20.9 Å². The lowest BCUT2D eigenvalue weighted by atomic mass is 10.2. The van der Waals surface area contributed by atoms with Crippen LogP contribution >= 0.6 is 27.5 Å². The molecule has 7 heteroatoms. The molecule has 2 aromatic carbocycles. The summed E-state index contributed by atoms with van der Waals surface area (Å²) in [6.07, 6.45) is 1.52. The van der Waals surface area contributed by atoms with Crippen LogP contribution in [0.3, 0.4) is 0 Å². The van der Waals surface area contributed by atoms with Gasteiger partial charge in [0.05, 0.1) is 38.0 Å². The molecule has 0 spiro atoms. The lowest BCUT2D eigenvalue weighted by Gasteiger charge is -2.11. The molecule has 0 saturated heterocycles. The van der Waals surface area contributed by atoms with Gasteiger partial charge in [0.1, 0.15) is 11.5 Å². The SMILES string of the molecule is COc1cc(Cn2cnc3c(Br)cc(Cl)cc3c2=O)cc(OC)c1. The molecule has 0 aliphatic carbocycles. The van der Waals surface area contributed by atoms with Gasteiger partial charge in [-0.1, -0.05) is 11.6 Å². The van der Waals surface area contributed by atoms with Gasteiger partial charge in [-0.2, -0.15) is 0 Å². The van der Waals surface area contributed by atoms with Crippen molar-refractivity contribution in [3.63, 3.8) is 0 Å².